The highest BCUT2D eigenvalue weighted by Gasteiger charge is 2.16. The Morgan fingerprint density at radius 3 is 2.64 bits per heavy atom. The van der Waals surface area contributed by atoms with Crippen LogP contribution in [0.3, 0.4) is 0 Å². The average Bonchev–Trinajstić information content (AvgIpc) is 3.39. The second kappa shape index (κ2) is 8.21. The smallest absolute Gasteiger partial charge is 0.267 e. The van der Waals surface area contributed by atoms with Crippen LogP contribution in [0.1, 0.15) is 28.9 Å². The number of amides is 1. The summed E-state index contributed by atoms with van der Waals surface area (Å²) in [5.41, 5.74) is 3.57. The molecule has 0 saturated carbocycles. The van der Waals surface area contributed by atoms with Gasteiger partial charge in [0.1, 0.15) is 5.69 Å². The number of hydrogen-bond donors (Lipinski definition) is 1. The summed E-state index contributed by atoms with van der Waals surface area (Å²) < 4.78 is 1.84. The zero-order valence-corrected chi connectivity index (χ0v) is 16.0. The van der Waals surface area contributed by atoms with Crippen LogP contribution in [-0.4, -0.2) is 45.1 Å². The fourth-order valence-corrected chi connectivity index (χ4v) is 3.46. The van der Waals surface area contributed by atoms with E-state index in [4.69, 9.17) is 0 Å². The zero-order chi connectivity index (χ0) is 19.3. The topological polar surface area (TPSA) is 75.9 Å². The van der Waals surface area contributed by atoms with Gasteiger partial charge < -0.3 is 14.8 Å². The number of aromatic nitrogens is 4. The Kier molecular flexibility index (Phi) is 5.32. The number of rotatable bonds is 6. The van der Waals surface area contributed by atoms with Crippen molar-refractivity contribution in [3.63, 3.8) is 0 Å². The molecular weight excluding hydrogens is 352 g/mol. The van der Waals surface area contributed by atoms with Gasteiger partial charge in [0.05, 0.1) is 0 Å². The second-order valence-electron chi connectivity index (χ2n) is 7.06. The fourth-order valence-electron chi connectivity index (χ4n) is 3.46. The van der Waals surface area contributed by atoms with E-state index in [-0.39, 0.29) is 5.91 Å². The molecule has 7 nitrogen and oxygen atoms in total. The van der Waals surface area contributed by atoms with Gasteiger partial charge in [-0.1, -0.05) is 6.07 Å². The first kappa shape index (κ1) is 18.2. The molecule has 1 aliphatic rings. The maximum Gasteiger partial charge on any atom is 0.267 e. The molecule has 0 radical (unpaired) electrons. The largest absolute Gasteiger partial charge is 0.350 e. The molecule has 0 aliphatic carbocycles. The van der Waals surface area contributed by atoms with Crippen molar-refractivity contribution in [1.29, 1.82) is 0 Å². The normalized spacial score (nSPS) is 13.7. The van der Waals surface area contributed by atoms with Gasteiger partial charge in [-0.2, -0.15) is 0 Å². The molecular formula is C21H24N6O. The summed E-state index contributed by atoms with van der Waals surface area (Å²) >= 11 is 0. The Hall–Kier alpha value is -3.22. The first-order valence-corrected chi connectivity index (χ1v) is 9.61. The fraction of sp³-hybridized carbons (Fsp3) is 0.333. The SMILES string of the molecule is Cn1cc(-c2cnc(N3CCCC3)nc2)cc1C(=O)NCCc1cccnc1. The van der Waals surface area contributed by atoms with Crippen LogP contribution < -0.4 is 10.2 Å². The highest BCUT2D eigenvalue weighted by atomic mass is 16.1. The van der Waals surface area contributed by atoms with Crippen LogP contribution in [-0.2, 0) is 13.5 Å². The van der Waals surface area contributed by atoms with E-state index < -0.39 is 0 Å². The number of nitrogens with one attached hydrogen (secondary N) is 1. The van der Waals surface area contributed by atoms with E-state index >= 15 is 0 Å². The number of hydrogen-bond acceptors (Lipinski definition) is 5. The van der Waals surface area contributed by atoms with Gasteiger partial charge in [0.25, 0.3) is 5.91 Å². The maximum absolute atomic E-state index is 12.5. The number of aryl methyl sites for hydroxylation is 1. The van der Waals surface area contributed by atoms with E-state index in [2.05, 4.69) is 25.2 Å². The molecule has 144 valence electrons. The molecule has 0 aromatic carbocycles. The van der Waals surface area contributed by atoms with Gasteiger partial charge in [-0.15, -0.1) is 0 Å². The Bertz CT molecular complexity index is 929. The number of carbonyl (C=O) groups excluding carboxylic acids is 1. The molecule has 4 rings (SSSR count). The molecule has 28 heavy (non-hydrogen) atoms. The van der Waals surface area contributed by atoms with Crippen LogP contribution in [0.25, 0.3) is 11.1 Å². The van der Waals surface area contributed by atoms with E-state index in [1.807, 2.05) is 54.6 Å². The third-order valence-electron chi connectivity index (χ3n) is 5.02. The van der Waals surface area contributed by atoms with Gasteiger partial charge in [0.15, 0.2) is 0 Å². The predicted octanol–water partition coefficient (Wildman–Crippen LogP) is 2.45. The van der Waals surface area contributed by atoms with Gasteiger partial charge in [-0.3, -0.25) is 9.78 Å². The molecule has 1 saturated heterocycles. The van der Waals surface area contributed by atoms with Gasteiger partial charge in [-0.25, -0.2) is 9.97 Å². The summed E-state index contributed by atoms with van der Waals surface area (Å²) in [4.78, 5) is 27.8. The molecule has 1 N–H and O–H groups in total. The van der Waals surface area contributed by atoms with Crippen molar-refractivity contribution in [1.82, 2.24) is 24.8 Å². The van der Waals surface area contributed by atoms with Gasteiger partial charge >= 0.3 is 0 Å². The van der Waals surface area contributed by atoms with Crippen molar-refractivity contribution in [3.8, 4) is 11.1 Å². The highest BCUT2D eigenvalue weighted by Crippen LogP contribution is 2.22. The summed E-state index contributed by atoms with van der Waals surface area (Å²) in [7, 11) is 1.87. The predicted molar refractivity (Wildman–Crippen MR) is 108 cm³/mol. The minimum Gasteiger partial charge on any atom is -0.350 e. The van der Waals surface area contributed by atoms with Gasteiger partial charge in [0.2, 0.25) is 5.95 Å². The molecule has 0 spiro atoms. The standard InChI is InChI=1S/C21H24N6O/c1-26-15-17(18-13-24-21(25-14-18)27-9-2-3-10-27)11-19(26)20(28)23-8-6-16-5-4-7-22-12-16/h4-5,7,11-15H,2-3,6,8-10H2,1H3,(H,23,28). The minimum atomic E-state index is -0.0905. The summed E-state index contributed by atoms with van der Waals surface area (Å²) in [5, 5.41) is 2.97. The molecule has 0 unspecified atom stereocenters. The van der Waals surface area contributed by atoms with E-state index in [1.54, 1.807) is 6.20 Å². The number of nitrogens with zero attached hydrogens (tertiary/aromatic N) is 5. The Labute approximate surface area is 164 Å². The molecule has 3 aromatic rings. The first-order valence-electron chi connectivity index (χ1n) is 9.61. The summed E-state index contributed by atoms with van der Waals surface area (Å²) in [6.07, 6.45) is 12.3. The van der Waals surface area contributed by atoms with Crippen molar-refractivity contribution in [2.24, 2.45) is 7.05 Å². The van der Waals surface area contributed by atoms with Gasteiger partial charge in [0, 0.05) is 68.8 Å². The van der Waals surface area contributed by atoms with Crippen LogP contribution in [0.4, 0.5) is 5.95 Å². The Morgan fingerprint density at radius 2 is 1.93 bits per heavy atom. The van der Waals surface area contributed by atoms with Crippen LogP contribution in [0, 0.1) is 0 Å². The molecule has 0 bridgehead atoms. The lowest BCUT2D eigenvalue weighted by molar-refractivity contribution is 0.0946. The second-order valence-corrected chi connectivity index (χ2v) is 7.06. The Morgan fingerprint density at radius 1 is 1.14 bits per heavy atom. The molecule has 4 heterocycles. The number of anilines is 1. The van der Waals surface area contributed by atoms with E-state index in [1.165, 1.54) is 12.8 Å². The molecule has 3 aromatic heterocycles. The summed E-state index contributed by atoms with van der Waals surface area (Å²) in [6.45, 7) is 2.61. The molecule has 1 aliphatic heterocycles. The minimum absolute atomic E-state index is 0.0905. The lowest BCUT2D eigenvalue weighted by Gasteiger charge is -2.14. The van der Waals surface area contributed by atoms with Gasteiger partial charge in [-0.05, 0) is 37.0 Å². The third kappa shape index (κ3) is 4.03. The van der Waals surface area contributed by atoms with Crippen LogP contribution in [0.15, 0.2) is 49.2 Å². The van der Waals surface area contributed by atoms with Crippen molar-refractivity contribution >= 4 is 11.9 Å². The first-order chi connectivity index (χ1) is 13.7. The lowest BCUT2D eigenvalue weighted by atomic mass is 10.2. The van der Waals surface area contributed by atoms with E-state index in [0.717, 1.165) is 42.1 Å². The number of carbonyl (C=O) groups is 1. The van der Waals surface area contributed by atoms with Crippen LogP contribution >= 0.6 is 0 Å². The quantitative estimate of drug-likeness (QED) is 0.715. The third-order valence-corrected chi connectivity index (χ3v) is 5.02. The summed E-state index contributed by atoms with van der Waals surface area (Å²) in [5.74, 6) is 0.692. The maximum atomic E-state index is 12.5. The highest BCUT2D eigenvalue weighted by molar-refractivity contribution is 5.94. The lowest BCUT2D eigenvalue weighted by Crippen LogP contribution is -2.27. The molecule has 7 heteroatoms. The van der Waals surface area contributed by atoms with Crippen molar-refractivity contribution < 1.29 is 4.79 Å². The zero-order valence-electron chi connectivity index (χ0n) is 16.0. The molecule has 0 atom stereocenters. The van der Waals surface area contributed by atoms with Crippen LogP contribution in [0.2, 0.25) is 0 Å². The van der Waals surface area contributed by atoms with E-state index in [0.29, 0.717) is 12.2 Å². The van der Waals surface area contributed by atoms with Crippen molar-refractivity contribution in [3.05, 3.63) is 60.4 Å². The molecule has 1 amide bonds. The summed E-state index contributed by atoms with van der Waals surface area (Å²) in [6, 6.07) is 5.79. The van der Waals surface area contributed by atoms with E-state index in [9.17, 15) is 4.79 Å². The Balaban J connectivity index is 1.40. The average molecular weight is 376 g/mol. The van der Waals surface area contributed by atoms with Crippen molar-refractivity contribution in [2.45, 2.75) is 19.3 Å². The van der Waals surface area contributed by atoms with Crippen LogP contribution in [0.5, 0.6) is 0 Å². The molecule has 1 fully saturated rings. The van der Waals surface area contributed by atoms with Crippen molar-refractivity contribution in [2.75, 3.05) is 24.5 Å². The number of pyridine rings is 1. The monoisotopic (exact) mass is 376 g/mol.